The second-order valence-corrected chi connectivity index (χ2v) is 8.61. The van der Waals surface area contributed by atoms with Crippen molar-refractivity contribution in [3.05, 3.63) is 35.9 Å². The minimum atomic E-state index is -0.0513. The van der Waals surface area contributed by atoms with Gasteiger partial charge in [0.15, 0.2) is 5.78 Å². The molecule has 0 spiro atoms. The average molecular weight is 268 g/mol. The third-order valence-corrected chi connectivity index (χ3v) is 6.14. The zero-order valence-corrected chi connectivity index (χ0v) is 12.6. The van der Waals surface area contributed by atoms with Crippen molar-refractivity contribution in [2.24, 2.45) is 22.2 Å². The van der Waals surface area contributed by atoms with E-state index in [1.807, 2.05) is 30.3 Å². The van der Waals surface area contributed by atoms with Crippen LogP contribution in [-0.4, -0.2) is 5.78 Å². The van der Waals surface area contributed by atoms with Crippen molar-refractivity contribution in [1.82, 2.24) is 0 Å². The smallest absolute Gasteiger partial charge is 0.169 e. The molecule has 2 unspecified atom stereocenters. The summed E-state index contributed by atoms with van der Waals surface area (Å²) < 4.78 is 0. The Morgan fingerprint density at radius 1 is 0.950 bits per heavy atom. The third kappa shape index (κ3) is 1.71. The number of hydrogen-bond donors (Lipinski definition) is 0. The van der Waals surface area contributed by atoms with E-state index in [2.05, 4.69) is 13.8 Å². The largest absolute Gasteiger partial charge is 0.294 e. The molecular weight excluding hydrogens is 244 g/mol. The third-order valence-electron chi connectivity index (χ3n) is 6.14. The topological polar surface area (TPSA) is 17.1 Å². The molecule has 20 heavy (non-hydrogen) atoms. The highest BCUT2D eigenvalue weighted by molar-refractivity contribution is 6.00. The normalized spacial score (nSPS) is 45.6. The maximum Gasteiger partial charge on any atom is 0.169 e. The van der Waals surface area contributed by atoms with E-state index >= 15 is 0 Å². The number of ketones is 1. The summed E-state index contributed by atoms with van der Waals surface area (Å²) in [5, 5.41) is 0. The van der Waals surface area contributed by atoms with E-state index in [0.29, 0.717) is 16.6 Å². The highest BCUT2D eigenvalue weighted by Crippen LogP contribution is 2.70. The predicted molar refractivity (Wildman–Crippen MR) is 80.6 cm³/mol. The SMILES string of the molecule is CC12CC3CC(C)(C1)CC(C(=O)c1ccccc1)(C3)C2. The summed E-state index contributed by atoms with van der Waals surface area (Å²) in [6, 6.07) is 10.0. The number of carbonyl (C=O) groups is 1. The number of Topliss-reactive ketones (excluding diaryl/α,β-unsaturated/α-hetero) is 1. The Kier molecular flexibility index (Phi) is 2.37. The number of hydrogen-bond acceptors (Lipinski definition) is 1. The van der Waals surface area contributed by atoms with E-state index in [1.54, 1.807) is 0 Å². The van der Waals surface area contributed by atoms with Crippen LogP contribution in [0.2, 0.25) is 0 Å². The van der Waals surface area contributed by atoms with Crippen LogP contribution in [0.4, 0.5) is 0 Å². The molecule has 1 aromatic rings. The summed E-state index contributed by atoms with van der Waals surface area (Å²) in [4.78, 5) is 13.2. The first kappa shape index (κ1) is 12.6. The van der Waals surface area contributed by atoms with Crippen molar-refractivity contribution in [1.29, 1.82) is 0 Å². The van der Waals surface area contributed by atoms with Gasteiger partial charge in [-0.1, -0.05) is 44.2 Å². The molecule has 2 atom stereocenters. The molecule has 1 nitrogen and oxygen atoms in total. The molecule has 106 valence electrons. The zero-order chi connectivity index (χ0) is 14.0. The lowest BCUT2D eigenvalue weighted by Crippen LogP contribution is -2.57. The molecule has 0 saturated heterocycles. The predicted octanol–water partition coefficient (Wildman–Crippen LogP) is 4.87. The maximum absolute atomic E-state index is 13.2. The van der Waals surface area contributed by atoms with E-state index in [-0.39, 0.29) is 5.41 Å². The van der Waals surface area contributed by atoms with Crippen molar-refractivity contribution in [2.45, 2.75) is 52.4 Å². The fourth-order valence-electron chi connectivity index (χ4n) is 6.60. The van der Waals surface area contributed by atoms with Crippen LogP contribution in [0.5, 0.6) is 0 Å². The van der Waals surface area contributed by atoms with Gasteiger partial charge in [0.1, 0.15) is 0 Å². The van der Waals surface area contributed by atoms with Crippen LogP contribution >= 0.6 is 0 Å². The number of rotatable bonds is 2. The molecule has 4 aliphatic carbocycles. The van der Waals surface area contributed by atoms with Gasteiger partial charge >= 0.3 is 0 Å². The van der Waals surface area contributed by atoms with Crippen molar-refractivity contribution >= 4 is 5.78 Å². The van der Waals surface area contributed by atoms with Crippen LogP contribution in [0.25, 0.3) is 0 Å². The second kappa shape index (κ2) is 3.75. The number of benzene rings is 1. The highest BCUT2D eigenvalue weighted by Gasteiger charge is 2.62. The monoisotopic (exact) mass is 268 g/mol. The summed E-state index contributed by atoms with van der Waals surface area (Å²) in [6.45, 7) is 4.87. The Balaban J connectivity index is 1.76. The van der Waals surface area contributed by atoms with Gasteiger partial charge in [0.05, 0.1) is 0 Å². The first-order chi connectivity index (χ1) is 9.42. The lowest BCUT2D eigenvalue weighted by Gasteiger charge is -2.64. The molecule has 4 fully saturated rings. The molecule has 4 aliphatic rings. The van der Waals surface area contributed by atoms with Gasteiger partial charge in [-0.2, -0.15) is 0 Å². The fraction of sp³-hybridized carbons (Fsp3) is 0.632. The molecule has 1 heteroatoms. The van der Waals surface area contributed by atoms with Crippen molar-refractivity contribution < 1.29 is 4.79 Å². The van der Waals surface area contributed by atoms with Gasteiger partial charge in [0.25, 0.3) is 0 Å². The minimum Gasteiger partial charge on any atom is -0.294 e. The van der Waals surface area contributed by atoms with E-state index in [0.717, 1.165) is 30.7 Å². The first-order valence-corrected chi connectivity index (χ1v) is 8.02. The van der Waals surface area contributed by atoms with Crippen molar-refractivity contribution in [3.8, 4) is 0 Å². The Morgan fingerprint density at radius 3 is 2.10 bits per heavy atom. The molecule has 0 aliphatic heterocycles. The highest BCUT2D eigenvalue weighted by atomic mass is 16.1. The van der Waals surface area contributed by atoms with E-state index in [1.165, 1.54) is 19.3 Å². The molecule has 0 heterocycles. The van der Waals surface area contributed by atoms with Crippen LogP contribution in [0.1, 0.15) is 62.7 Å². The molecule has 0 amide bonds. The van der Waals surface area contributed by atoms with E-state index in [9.17, 15) is 4.79 Å². The standard InChI is InChI=1S/C19H24O/c1-17-8-14-9-18(2,11-17)13-19(10-14,12-17)16(20)15-6-4-3-5-7-15/h3-7,14H,8-13H2,1-2H3. The summed E-state index contributed by atoms with van der Waals surface area (Å²) >= 11 is 0. The van der Waals surface area contributed by atoms with Crippen molar-refractivity contribution in [3.63, 3.8) is 0 Å². The average Bonchev–Trinajstić information content (AvgIpc) is 2.34. The Hall–Kier alpha value is -1.11. The van der Waals surface area contributed by atoms with Crippen LogP contribution in [0.15, 0.2) is 30.3 Å². The summed E-state index contributed by atoms with van der Waals surface area (Å²) in [5.74, 6) is 1.22. The summed E-state index contributed by atoms with van der Waals surface area (Å²) in [6.07, 6.45) is 7.44. The molecule has 4 saturated carbocycles. The van der Waals surface area contributed by atoms with Crippen LogP contribution in [0.3, 0.4) is 0 Å². The fourth-order valence-corrected chi connectivity index (χ4v) is 6.60. The van der Waals surface area contributed by atoms with Gasteiger partial charge in [-0.15, -0.1) is 0 Å². The van der Waals surface area contributed by atoms with Gasteiger partial charge in [-0.05, 0) is 55.3 Å². The first-order valence-electron chi connectivity index (χ1n) is 8.02. The Bertz CT molecular complexity index is 540. The van der Waals surface area contributed by atoms with Crippen LogP contribution in [-0.2, 0) is 0 Å². The van der Waals surface area contributed by atoms with Crippen LogP contribution < -0.4 is 0 Å². The van der Waals surface area contributed by atoms with Crippen molar-refractivity contribution in [2.75, 3.05) is 0 Å². The molecule has 1 aromatic carbocycles. The summed E-state index contributed by atoms with van der Waals surface area (Å²) in [5.41, 5.74) is 1.71. The van der Waals surface area contributed by atoms with E-state index < -0.39 is 0 Å². The Morgan fingerprint density at radius 2 is 1.55 bits per heavy atom. The molecule has 0 N–H and O–H groups in total. The van der Waals surface area contributed by atoms with Crippen LogP contribution in [0, 0.1) is 22.2 Å². The second-order valence-electron chi connectivity index (χ2n) is 8.61. The molecule has 4 bridgehead atoms. The van der Waals surface area contributed by atoms with Gasteiger partial charge < -0.3 is 0 Å². The molecule has 0 radical (unpaired) electrons. The molecule has 5 rings (SSSR count). The lowest BCUT2D eigenvalue weighted by atomic mass is 9.39. The molecular formula is C19H24O. The van der Waals surface area contributed by atoms with Gasteiger partial charge in [0.2, 0.25) is 0 Å². The zero-order valence-electron chi connectivity index (χ0n) is 12.6. The van der Waals surface area contributed by atoms with Gasteiger partial charge in [-0.3, -0.25) is 4.79 Å². The minimum absolute atomic E-state index is 0.0513. The quantitative estimate of drug-likeness (QED) is 0.700. The van der Waals surface area contributed by atoms with E-state index in [4.69, 9.17) is 0 Å². The van der Waals surface area contributed by atoms with Gasteiger partial charge in [0, 0.05) is 11.0 Å². The molecule has 0 aromatic heterocycles. The summed E-state index contributed by atoms with van der Waals surface area (Å²) in [7, 11) is 0. The number of carbonyl (C=O) groups excluding carboxylic acids is 1. The maximum atomic E-state index is 13.2. The van der Waals surface area contributed by atoms with Gasteiger partial charge in [-0.25, -0.2) is 0 Å². The Labute approximate surface area is 121 Å². The lowest BCUT2D eigenvalue weighted by molar-refractivity contribution is -0.125.